The summed E-state index contributed by atoms with van der Waals surface area (Å²) in [5.74, 6) is 1.33. The van der Waals surface area contributed by atoms with Gasteiger partial charge in [0.1, 0.15) is 5.75 Å². The molecule has 2 aromatic heterocycles. The second-order valence-corrected chi connectivity index (χ2v) is 7.61. The molecule has 0 radical (unpaired) electrons. The molecule has 1 N–H and O–H groups in total. The van der Waals surface area contributed by atoms with Crippen molar-refractivity contribution in [2.45, 2.75) is 19.3 Å². The van der Waals surface area contributed by atoms with Crippen LogP contribution in [0.5, 0.6) is 11.6 Å². The van der Waals surface area contributed by atoms with Crippen LogP contribution < -0.4 is 10.1 Å². The van der Waals surface area contributed by atoms with E-state index in [1.54, 1.807) is 17.5 Å². The Labute approximate surface area is 174 Å². The summed E-state index contributed by atoms with van der Waals surface area (Å²) in [5.41, 5.74) is 1.98. The minimum Gasteiger partial charge on any atom is -0.439 e. The molecule has 4 aromatic rings. The molecule has 0 bridgehead atoms. The number of ether oxygens (including phenoxy) is 2. The van der Waals surface area contributed by atoms with Gasteiger partial charge in [-0.2, -0.15) is 0 Å². The first-order valence-corrected chi connectivity index (χ1v) is 10.6. The number of thiazole rings is 1. The Hall–Kier alpha value is -2.96. The van der Waals surface area contributed by atoms with E-state index in [0.29, 0.717) is 5.88 Å². The summed E-state index contributed by atoms with van der Waals surface area (Å²) in [6.45, 7) is 2.00. The molecule has 1 saturated heterocycles. The van der Waals surface area contributed by atoms with Crippen molar-refractivity contribution in [3.8, 4) is 11.6 Å². The number of hydrogen-bond donors (Lipinski definition) is 1. The van der Waals surface area contributed by atoms with E-state index in [4.69, 9.17) is 9.47 Å². The molecule has 3 heterocycles. The van der Waals surface area contributed by atoms with Crippen LogP contribution in [0.1, 0.15) is 19.3 Å². The van der Waals surface area contributed by atoms with Gasteiger partial charge < -0.3 is 14.8 Å². The average Bonchev–Trinajstić information content (AvgIpc) is 3.20. The third kappa shape index (κ3) is 5.76. The van der Waals surface area contributed by atoms with Gasteiger partial charge in [0.2, 0.25) is 5.88 Å². The van der Waals surface area contributed by atoms with Crippen molar-refractivity contribution in [1.29, 1.82) is 0 Å². The minimum absolute atomic E-state index is 0.583. The highest BCUT2D eigenvalue weighted by atomic mass is 32.1. The highest BCUT2D eigenvalue weighted by Crippen LogP contribution is 2.29. The van der Waals surface area contributed by atoms with Gasteiger partial charge in [-0.05, 0) is 61.7 Å². The highest BCUT2D eigenvalue weighted by Gasteiger charge is 2.04. The lowest BCUT2D eigenvalue weighted by molar-refractivity contribution is 0.0968. The van der Waals surface area contributed by atoms with Crippen LogP contribution in [0.15, 0.2) is 72.9 Å². The smallest absolute Gasteiger partial charge is 0.219 e. The molecule has 29 heavy (non-hydrogen) atoms. The third-order valence-corrected chi connectivity index (χ3v) is 5.29. The topological polar surface area (TPSA) is 56.3 Å². The molecular weight excluding hydrogens is 382 g/mol. The number of rotatable bonds is 4. The molecule has 1 aliphatic rings. The zero-order valence-corrected chi connectivity index (χ0v) is 16.9. The molecule has 6 heteroatoms. The molecular formula is C23H23N3O2S. The molecule has 2 aromatic carbocycles. The lowest BCUT2D eigenvalue weighted by Crippen LogP contribution is -2.03. The average molecular weight is 406 g/mol. The maximum absolute atomic E-state index is 5.68. The maximum atomic E-state index is 5.68. The molecule has 5 nitrogen and oxygen atoms in total. The zero-order chi connectivity index (χ0) is 19.7. The monoisotopic (exact) mass is 405 g/mol. The van der Waals surface area contributed by atoms with Gasteiger partial charge in [-0.3, -0.25) is 0 Å². The van der Waals surface area contributed by atoms with Crippen LogP contribution in [0.25, 0.3) is 10.2 Å². The maximum Gasteiger partial charge on any atom is 0.219 e. The van der Waals surface area contributed by atoms with Gasteiger partial charge in [0.15, 0.2) is 5.13 Å². The lowest BCUT2D eigenvalue weighted by atomic mass is 10.2. The Morgan fingerprint density at radius 3 is 2.31 bits per heavy atom. The summed E-state index contributed by atoms with van der Waals surface area (Å²) in [6, 6.07) is 21.4. The summed E-state index contributed by atoms with van der Waals surface area (Å²) in [4.78, 5) is 8.71. The second kappa shape index (κ2) is 10.0. The second-order valence-electron chi connectivity index (χ2n) is 6.58. The normalized spacial score (nSPS) is 13.4. The Balaban J connectivity index is 0.000000294. The van der Waals surface area contributed by atoms with Crippen molar-refractivity contribution < 1.29 is 9.47 Å². The fourth-order valence-corrected chi connectivity index (χ4v) is 3.76. The van der Waals surface area contributed by atoms with E-state index in [1.807, 2.05) is 60.7 Å². The summed E-state index contributed by atoms with van der Waals surface area (Å²) in [5, 5.41) is 4.20. The van der Waals surface area contributed by atoms with Crippen LogP contribution in [-0.2, 0) is 4.74 Å². The van der Waals surface area contributed by atoms with Crippen molar-refractivity contribution in [2.75, 3.05) is 18.5 Å². The quantitative estimate of drug-likeness (QED) is 0.425. The minimum atomic E-state index is 0.583. The van der Waals surface area contributed by atoms with Gasteiger partial charge >= 0.3 is 0 Å². The largest absolute Gasteiger partial charge is 0.439 e. The van der Waals surface area contributed by atoms with Crippen molar-refractivity contribution in [3.05, 3.63) is 72.9 Å². The first kappa shape index (κ1) is 19.4. The number of nitrogens with one attached hydrogen (secondary N) is 1. The van der Waals surface area contributed by atoms with Crippen molar-refractivity contribution in [1.82, 2.24) is 9.97 Å². The van der Waals surface area contributed by atoms with Gasteiger partial charge in [-0.1, -0.05) is 29.5 Å². The molecule has 0 unspecified atom stereocenters. The first-order chi connectivity index (χ1) is 14.4. The molecule has 148 valence electrons. The molecule has 0 spiro atoms. The Bertz CT molecular complexity index is 971. The van der Waals surface area contributed by atoms with Crippen molar-refractivity contribution in [3.63, 3.8) is 0 Å². The SMILES string of the molecule is C1CCOCC1.c1ccc(Oc2ccc(Nc3nc4ccccc4s3)cc2)nc1. The number of para-hydroxylation sites is 1. The van der Waals surface area contributed by atoms with Crippen LogP contribution in [0.4, 0.5) is 10.8 Å². The first-order valence-electron chi connectivity index (χ1n) is 9.76. The summed E-state index contributed by atoms with van der Waals surface area (Å²) < 4.78 is 11.9. The summed E-state index contributed by atoms with van der Waals surface area (Å²) in [6.07, 6.45) is 5.64. The standard InChI is InChI=1S/C18H13N3OS.C5H10O/c1-2-6-16-15(5-1)21-18(23-16)20-13-8-10-14(11-9-13)22-17-7-3-4-12-19-17;1-2-4-6-5-3-1/h1-12H,(H,20,21);1-5H2. The van der Waals surface area contributed by atoms with E-state index in [-0.39, 0.29) is 0 Å². The van der Waals surface area contributed by atoms with Crippen LogP contribution in [0.3, 0.4) is 0 Å². The van der Waals surface area contributed by atoms with Crippen LogP contribution >= 0.6 is 11.3 Å². The number of nitrogens with zero attached hydrogens (tertiary/aromatic N) is 2. The third-order valence-electron chi connectivity index (χ3n) is 4.34. The van der Waals surface area contributed by atoms with Crippen LogP contribution in [0, 0.1) is 0 Å². The molecule has 1 fully saturated rings. The van der Waals surface area contributed by atoms with E-state index in [1.165, 1.54) is 24.0 Å². The number of fused-ring (bicyclic) bond motifs is 1. The summed E-state index contributed by atoms with van der Waals surface area (Å²) in [7, 11) is 0. The van der Waals surface area contributed by atoms with Crippen molar-refractivity contribution >= 4 is 32.4 Å². The predicted octanol–water partition coefficient (Wildman–Crippen LogP) is 6.41. The number of pyridine rings is 1. The number of hydrogen-bond acceptors (Lipinski definition) is 6. The van der Waals surface area contributed by atoms with Gasteiger partial charge in [0.05, 0.1) is 10.2 Å². The Morgan fingerprint density at radius 1 is 0.862 bits per heavy atom. The molecule has 0 amide bonds. The number of aromatic nitrogens is 2. The van der Waals surface area contributed by atoms with E-state index < -0.39 is 0 Å². The zero-order valence-electron chi connectivity index (χ0n) is 16.1. The van der Waals surface area contributed by atoms with Gasteiger partial charge in [0, 0.05) is 31.2 Å². The van der Waals surface area contributed by atoms with E-state index in [9.17, 15) is 0 Å². The Morgan fingerprint density at radius 2 is 1.66 bits per heavy atom. The molecule has 0 aliphatic carbocycles. The van der Waals surface area contributed by atoms with Crippen molar-refractivity contribution in [2.24, 2.45) is 0 Å². The molecule has 1 aliphatic heterocycles. The predicted molar refractivity (Wildman–Crippen MR) is 118 cm³/mol. The molecule has 0 saturated carbocycles. The molecule has 5 rings (SSSR count). The van der Waals surface area contributed by atoms with E-state index >= 15 is 0 Å². The van der Waals surface area contributed by atoms with Crippen LogP contribution in [-0.4, -0.2) is 23.2 Å². The van der Waals surface area contributed by atoms with Gasteiger partial charge in [-0.25, -0.2) is 9.97 Å². The molecule has 0 atom stereocenters. The summed E-state index contributed by atoms with van der Waals surface area (Å²) >= 11 is 1.64. The van der Waals surface area contributed by atoms with Gasteiger partial charge in [0.25, 0.3) is 0 Å². The van der Waals surface area contributed by atoms with Gasteiger partial charge in [-0.15, -0.1) is 0 Å². The highest BCUT2D eigenvalue weighted by molar-refractivity contribution is 7.22. The fraction of sp³-hybridized carbons (Fsp3) is 0.217. The van der Waals surface area contributed by atoms with E-state index in [0.717, 1.165) is 35.3 Å². The Kier molecular flexibility index (Phi) is 6.68. The number of anilines is 2. The van der Waals surface area contributed by atoms with Crippen LogP contribution in [0.2, 0.25) is 0 Å². The fourth-order valence-electron chi connectivity index (χ4n) is 2.87. The van der Waals surface area contributed by atoms with E-state index in [2.05, 4.69) is 21.4 Å². The number of benzene rings is 2. The lowest BCUT2D eigenvalue weighted by Gasteiger charge is -2.08.